The van der Waals surface area contributed by atoms with Gasteiger partial charge in [-0.15, -0.1) is 0 Å². The largest absolute Gasteiger partial charge is 0.480 e. The number of hydrogen-bond acceptors (Lipinski definition) is 4. The summed E-state index contributed by atoms with van der Waals surface area (Å²) in [5.74, 6) is -0.0757. The zero-order valence-electron chi connectivity index (χ0n) is 12.4. The lowest BCUT2D eigenvalue weighted by molar-refractivity contribution is -0.140. The molecule has 1 fully saturated rings. The minimum absolute atomic E-state index is 0.202. The predicted molar refractivity (Wildman–Crippen MR) is 75.4 cm³/mol. The number of carbonyl (C=O) groups is 1. The number of ether oxygens (including phenoxy) is 1. The fourth-order valence-electron chi connectivity index (χ4n) is 2.60. The molecule has 0 aliphatic carbocycles. The summed E-state index contributed by atoms with van der Waals surface area (Å²) < 4.78 is 5.18. The Bertz CT molecular complexity index is 263. The minimum Gasteiger partial charge on any atom is -0.480 e. The van der Waals surface area contributed by atoms with Crippen molar-refractivity contribution in [2.45, 2.75) is 45.2 Å². The molecular formula is C14H28N2O3. The highest BCUT2D eigenvalue weighted by molar-refractivity contribution is 5.73. The van der Waals surface area contributed by atoms with Crippen LogP contribution in [0.3, 0.4) is 0 Å². The SMILES string of the molecule is COCC1CCN(CCC(NC(C)C)C(=O)O)CC1. The second-order valence-corrected chi connectivity index (χ2v) is 5.74. The summed E-state index contributed by atoms with van der Waals surface area (Å²) >= 11 is 0. The van der Waals surface area contributed by atoms with E-state index in [1.54, 1.807) is 7.11 Å². The molecular weight excluding hydrogens is 244 g/mol. The smallest absolute Gasteiger partial charge is 0.320 e. The molecule has 19 heavy (non-hydrogen) atoms. The number of carboxylic acids is 1. The highest BCUT2D eigenvalue weighted by Crippen LogP contribution is 2.17. The number of aliphatic carboxylic acids is 1. The van der Waals surface area contributed by atoms with Crippen LogP contribution < -0.4 is 5.32 Å². The average molecular weight is 272 g/mol. The molecule has 5 heteroatoms. The van der Waals surface area contributed by atoms with Gasteiger partial charge in [-0.05, 0) is 38.3 Å². The van der Waals surface area contributed by atoms with E-state index in [0.717, 1.165) is 39.1 Å². The van der Waals surface area contributed by atoms with Gasteiger partial charge in [-0.1, -0.05) is 13.8 Å². The zero-order valence-corrected chi connectivity index (χ0v) is 12.4. The van der Waals surface area contributed by atoms with Gasteiger partial charge in [0.25, 0.3) is 0 Å². The predicted octanol–water partition coefficient (Wildman–Crippen LogP) is 1.19. The first-order chi connectivity index (χ1) is 9.02. The quantitative estimate of drug-likeness (QED) is 0.695. The van der Waals surface area contributed by atoms with Gasteiger partial charge in [-0.3, -0.25) is 4.79 Å². The highest BCUT2D eigenvalue weighted by atomic mass is 16.5. The fourth-order valence-corrected chi connectivity index (χ4v) is 2.60. The molecule has 1 atom stereocenters. The van der Waals surface area contributed by atoms with Crippen molar-refractivity contribution in [1.82, 2.24) is 10.2 Å². The molecule has 1 aliphatic rings. The van der Waals surface area contributed by atoms with Crippen molar-refractivity contribution in [2.75, 3.05) is 33.4 Å². The molecule has 1 unspecified atom stereocenters. The summed E-state index contributed by atoms with van der Waals surface area (Å²) in [7, 11) is 1.75. The van der Waals surface area contributed by atoms with E-state index in [0.29, 0.717) is 12.3 Å². The van der Waals surface area contributed by atoms with Crippen molar-refractivity contribution in [1.29, 1.82) is 0 Å². The monoisotopic (exact) mass is 272 g/mol. The molecule has 1 rings (SSSR count). The van der Waals surface area contributed by atoms with Gasteiger partial charge in [-0.25, -0.2) is 0 Å². The first-order valence-electron chi connectivity index (χ1n) is 7.23. The van der Waals surface area contributed by atoms with E-state index in [4.69, 9.17) is 9.84 Å². The fraction of sp³-hybridized carbons (Fsp3) is 0.929. The summed E-state index contributed by atoms with van der Waals surface area (Å²) in [5.41, 5.74) is 0. The molecule has 112 valence electrons. The molecule has 2 N–H and O–H groups in total. The second kappa shape index (κ2) is 8.51. The summed E-state index contributed by atoms with van der Waals surface area (Å²) in [5, 5.41) is 12.3. The molecule has 0 bridgehead atoms. The van der Waals surface area contributed by atoms with Crippen LogP contribution in [-0.2, 0) is 9.53 Å². The lowest BCUT2D eigenvalue weighted by Gasteiger charge is -2.32. The molecule has 1 aliphatic heterocycles. The molecule has 5 nitrogen and oxygen atoms in total. The maximum atomic E-state index is 11.1. The molecule has 1 heterocycles. The Morgan fingerprint density at radius 1 is 1.42 bits per heavy atom. The molecule has 0 aromatic heterocycles. The van der Waals surface area contributed by atoms with Gasteiger partial charge in [0.05, 0.1) is 0 Å². The summed E-state index contributed by atoms with van der Waals surface area (Å²) in [6.45, 7) is 7.78. The van der Waals surface area contributed by atoms with Crippen molar-refractivity contribution >= 4 is 5.97 Å². The summed E-state index contributed by atoms with van der Waals surface area (Å²) in [6, 6.07) is -0.231. The molecule has 0 aromatic rings. The van der Waals surface area contributed by atoms with Gasteiger partial charge in [-0.2, -0.15) is 0 Å². The van der Waals surface area contributed by atoms with Crippen LogP contribution in [0.1, 0.15) is 33.1 Å². The normalized spacial score (nSPS) is 19.8. The van der Waals surface area contributed by atoms with Crippen LogP contribution in [0.15, 0.2) is 0 Å². The number of methoxy groups -OCH3 is 1. The van der Waals surface area contributed by atoms with E-state index in [9.17, 15) is 4.79 Å². The zero-order chi connectivity index (χ0) is 14.3. The van der Waals surface area contributed by atoms with Crippen LogP contribution in [0, 0.1) is 5.92 Å². The lowest BCUT2D eigenvalue weighted by Crippen LogP contribution is -2.44. The Balaban J connectivity index is 2.26. The van der Waals surface area contributed by atoms with Crippen LogP contribution in [-0.4, -0.2) is 61.4 Å². The highest BCUT2D eigenvalue weighted by Gasteiger charge is 2.22. The first kappa shape index (κ1) is 16.4. The van der Waals surface area contributed by atoms with E-state index in [1.165, 1.54) is 0 Å². The van der Waals surface area contributed by atoms with Crippen LogP contribution in [0.2, 0.25) is 0 Å². The molecule has 1 saturated heterocycles. The number of carboxylic acid groups (broad SMARTS) is 1. The van der Waals surface area contributed by atoms with Gasteiger partial charge in [0.1, 0.15) is 6.04 Å². The van der Waals surface area contributed by atoms with E-state index < -0.39 is 12.0 Å². The third-order valence-electron chi connectivity index (χ3n) is 3.68. The Morgan fingerprint density at radius 2 is 2.05 bits per heavy atom. The van der Waals surface area contributed by atoms with Gasteiger partial charge in [0, 0.05) is 26.3 Å². The molecule has 0 amide bonds. The standard InChI is InChI=1S/C14H28N2O3/c1-11(2)15-13(14(17)18)6-9-16-7-4-12(5-8-16)10-19-3/h11-13,15H,4-10H2,1-3H3,(H,17,18). The van der Waals surface area contributed by atoms with Crippen molar-refractivity contribution in [2.24, 2.45) is 5.92 Å². The molecule has 0 radical (unpaired) electrons. The van der Waals surface area contributed by atoms with Crippen LogP contribution >= 0.6 is 0 Å². The maximum absolute atomic E-state index is 11.1. The Kier molecular flexibility index (Phi) is 7.34. The number of nitrogens with one attached hydrogen (secondary N) is 1. The second-order valence-electron chi connectivity index (χ2n) is 5.74. The molecule has 0 saturated carbocycles. The Hall–Kier alpha value is -0.650. The van der Waals surface area contributed by atoms with Crippen LogP contribution in [0.4, 0.5) is 0 Å². The number of hydrogen-bond donors (Lipinski definition) is 2. The van der Waals surface area contributed by atoms with Crippen molar-refractivity contribution < 1.29 is 14.6 Å². The van der Waals surface area contributed by atoms with Crippen molar-refractivity contribution in [3.8, 4) is 0 Å². The number of piperidine rings is 1. The van der Waals surface area contributed by atoms with E-state index >= 15 is 0 Å². The maximum Gasteiger partial charge on any atom is 0.320 e. The van der Waals surface area contributed by atoms with Crippen molar-refractivity contribution in [3.63, 3.8) is 0 Å². The van der Waals surface area contributed by atoms with E-state index in [-0.39, 0.29) is 6.04 Å². The number of nitrogens with zero attached hydrogens (tertiary/aromatic N) is 1. The van der Waals surface area contributed by atoms with E-state index in [1.807, 2.05) is 13.8 Å². The van der Waals surface area contributed by atoms with Crippen LogP contribution in [0.5, 0.6) is 0 Å². The van der Waals surface area contributed by atoms with E-state index in [2.05, 4.69) is 10.2 Å². The van der Waals surface area contributed by atoms with Crippen LogP contribution in [0.25, 0.3) is 0 Å². The van der Waals surface area contributed by atoms with Gasteiger partial charge < -0.3 is 20.1 Å². The van der Waals surface area contributed by atoms with Gasteiger partial charge >= 0.3 is 5.97 Å². The Morgan fingerprint density at radius 3 is 2.53 bits per heavy atom. The average Bonchev–Trinajstić information content (AvgIpc) is 2.36. The third-order valence-corrected chi connectivity index (χ3v) is 3.68. The van der Waals surface area contributed by atoms with Crippen molar-refractivity contribution in [3.05, 3.63) is 0 Å². The lowest BCUT2D eigenvalue weighted by atomic mass is 9.97. The molecule has 0 spiro atoms. The topological polar surface area (TPSA) is 61.8 Å². The third kappa shape index (κ3) is 6.36. The van der Waals surface area contributed by atoms with Gasteiger partial charge in [0.2, 0.25) is 0 Å². The summed E-state index contributed by atoms with van der Waals surface area (Å²) in [4.78, 5) is 13.5. The number of rotatable bonds is 8. The summed E-state index contributed by atoms with van der Waals surface area (Å²) in [6.07, 6.45) is 2.98. The molecule has 0 aromatic carbocycles. The number of likely N-dealkylation sites (tertiary alicyclic amines) is 1. The van der Waals surface area contributed by atoms with Gasteiger partial charge in [0.15, 0.2) is 0 Å². The minimum atomic E-state index is -0.747. The first-order valence-corrected chi connectivity index (χ1v) is 7.23. The Labute approximate surface area is 116 Å².